The summed E-state index contributed by atoms with van der Waals surface area (Å²) in [5.74, 6) is -0.119. The molecule has 0 aromatic rings. The molecule has 3 heteroatoms. The van der Waals surface area contributed by atoms with Crippen LogP contribution < -0.4 is 0 Å². The molecule has 0 aliphatic rings. The van der Waals surface area contributed by atoms with Crippen molar-refractivity contribution in [2.75, 3.05) is 6.54 Å². The van der Waals surface area contributed by atoms with E-state index in [0.29, 0.717) is 12.0 Å². The van der Waals surface area contributed by atoms with Gasteiger partial charge in [-0.3, -0.25) is 9.69 Å². The first-order chi connectivity index (χ1) is 6.88. The Morgan fingerprint density at radius 3 is 2.07 bits per heavy atom. The monoisotopic (exact) mass is 215 g/mol. The van der Waals surface area contributed by atoms with Gasteiger partial charge in [-0.05, 0) is 26.2 Å². The first-order valence-electron chi connectivity index (χ1n) is 5.86. The zero-order valence-corrected chi connectivity index (χ0v) is 10.7. The van der Waals surface area contributed by atoms with E-state index < -0.39 is 5.97 Å². The summed E-state index contributed by atoms with van der Waals surface area (Å²) in [5, 5.41) is 8.85. The van der Waals surface area contributed by atoms with Gasteiger partial charge in [0.1, 0.15) is 0 Å². The second-order valence-electron chi connectivity index (χ2n) is 4.84. The predicted octanol–water partition coefficient (Wildman–Crippen LogP) is 2.61. The fourth-order valence-corrected chi connectivity index (χ4v) is 1.90. The lowest BCUT2D eigenvalue weighted by Crippen LogP contribution is -2.43. The van der Waals surface area contributed by atoms with Crippen molar-refractivity contribution in [1.82, 2.24) is 4.90 Å². The number of carbonyl (C=O) groups is 1. The fraction of sp³-hybridized carbons (Fsp3) is 0.917. The van der Waals surface area contributed by atoms with E-state index in [1.54, 1.807) is 0 Å². The van der Waals surface area contributed by atoms with Gasteiger partial charge in [-0.25, -0.2) is 0 Å². The highest BCUT2D eigenvalue weighted by atomic mass is 16.4. The summed E-state index contributed by atoms with van der Waals surface area (Å²) in [4.78, 5) is 13.1. The minimum Gasteiger partial charge on any atom is -0.481 e. The number of carboxylic acid groups (broad SMARTS) is 1. The lowest BCUT2D eigenvalue weighted by Gasteiger charge is -2.35. The van der Waals surface area contributed by atoms with Crippen molar-refractivity contribution in [2.24, 2.45) is 5.92 Å². The van der Waals surface area contributed by atoms with Crippen LogP contribution in [0.4, 0.5) is 0 Å². The van der Waals surface area contributed by atoms with Crippen LogP contribution in [-0.4, -0.2) is 34.6 Å². The molecule has 15 heavy (non-hydrogen) atoms. The average Bonchev–Trinajstić information content (AvgIpc) is 2.09. The third-order valence-corrected chi connectivity index (χ3v) is 2.59. The minimum absolute atomic E-state index is 0.171. The molecule has 0 bridgehead atoms. The Morgan fingerprint density at radius 2 is 1.80 bits per heavy atom. The zero-order valence-electron chi connectivity index (χ0n) is 10.7. The van der Waals surface area contributed by atoms with Crippen LogP contribution in [0.15, 0.2) is 0 Å². The van der Waals surface area contributed by atoms with Gasteiger partial charge < -0.3 is 5.11 Å². The predicted molar refractivity (Wildman–Crippen MR) is 63.0 cm³/mol. The molecular formula is C12H25NO2. The van der Waals surface area contributed by atoms with Crippen LogP contribution in [0.3, 0.4) is 0 Å². The molecule has 0 rings (SSSR count). The Labute approximate surface area is 93.5 Å². The van der Waals surface area contributed by atoms with E-state index in [4.69, 9.17) is 5.11 Å². The van der Waals surface area contributed by atoms with E-state index in [0.717, 1.165) is 13.0 Å². The number of hydrogen-bond donors (Lipinski definition) is 1. The molecule has 90 valence electrons. The van der Waals surface area contributed by atoms with Gasteiger partial charge in [0.2, 0.25) is 0 Å². The first-order valence-corrected chi connectivity index (χ1v) is 5.86. The minimum atomic E-state index is -0.698. The molecule has 0 aliphatic heterocycles. The van der Waals surface area contributed by atoms with Gasteiger partial charge in [-0.1, -0.05) is 20.8 Å². The van der Waals surface area contributed by atoms with Gasteiger partial charge in [0.05, 0.1) is 6.42 Å². The average molecular weight is 215 g/mol. The number of hydrogen-bond acceptors (Lipinski definition) is 2. The zero-order chi connectivity index (χ0) is 12.0. The lowest BCUT2D eigenvalue weighted by molar-refractivity contribution is -0.138. The van der Waals surface area contributed by atoms with Gasteiger partial charge in [0.25, 0.3) is 0 Å². The molecule has 0 spiro atoms. The summed E-state index contributed by atoms with van der Waals surface area (Å²) in [6.45, 7) is 11.6. The summed E-state index contributed by atoms with van der Waals surface area (Å²) in [6.07, 6.45) is 1.15. The molecule has 0 amide bonds. The van der Waals surface area contributed by atoms with E-state index in [1.165, 1.54) is 0 Å². The molecule has 0 fully saturated rings. The smallest absolute Gasteiger partial charge is 0.304 e. The fourth-order valence-electron chi connectivity index (χ4n) is 1.90. The number of nitrogens with zero attached hydrogens (tertiary/aromatic N) is 1. The van der Waals surface area contributed by atoms with Crippen LogP contribution in [0, 0.1) is 5.92 Å². The van der Waals surface area contributed by atoms with Crippen molar-refractivity contribution >= 4 is 5.97 Å². The highest BCUT2D eigenvalue weighted by Crippen LogP contribution is 2.15. The quantitative estimate of drug-likeness (QED) is 0.709. The standard InChI is InChI=1S/C12H25NO2/c1-6-11(7-12(14)15)13(10(4)5)8-9(2)3/h9-11H,6-8H2,1-5H3,(H,14,15). The summed E-state index contributed by atoms with van der Waals surface area (Å²) in [5.41, 5.74) is 0. The normalized spacial score (nSPS) is 13.9. The van der Waals surface area contributed by atoms with E-state index in [-0.39, 0.29) is 12.5 Å². The Balaban J connectivity index is 4.47. The van der Waals surface area contributed by atoms with Crippen LogP contribution >= 0.6 is 0 Å². The van der Waals surface area contributed by atoms with E-state index in [9.17, 15) is 4.79 Å². The molecule has 0 aromatic heterocycles. The van der Waals surface area contributed by atoms with Crippen molar-refractivity contribution in [1.29, 1.82) is 0 Å². The van der Waals surface area contributed by atoms with Crippen molar-refractivity contribution in [3.63, 3.8) is 0 Å². The highest BCUT2D eigenvalue weighted by Gasteiger charge is 2.22. The number of aliphatic carboxylic acids is 1. The maximum atomic E-state index is 10.8. The lowest BCUT2D eigenvalue weighted by atomic mass is 10.0. The van der Waals surface area contributed by atoms with E-state index >= 15 is 0 Å². The van der Waals surface area contributed by atoms with Crippen molar-refractivity contribution < 1.29 is 9.90 Å². The molecule has 0 heterocycles. The topological polar surface area (TPSA) is 40.5 Å². The van der Waals surface area contributed by atoms with Crippen molar-refractivity contribution in [3.8, 4) is 0 Å². The molecular weight excluding hydrogens is 190 g/mol. The molecule has 0 saturated heterocycles. The summed E-state index contributed by atoms with van der Waals surface area (Å²) >= 11 is 0. The van der Waals surface area contributed by atoms with Gasteiger partial charge >= 0.3 is 5.97 Å². The molecule has 0 aromatic carbocycles. The van der Waals surface area contributed by atoms with E-state index in [1.807, 2.05) is 0 Å². The third-order valence-electron chi connectivity index (χ3n) is 2.59. The molecule has 3 nitrogen and oxygen atoms in total. The molecule has 0 radical (unpaired) electrons. The van der Waals surface area contributed by atoms with Gasteiger partial charge in [0.15, 0.2) is 0 Å². The molecule has 0 aliphatic carbocycles. The number of rotatable bonds is 7. The number of carboxylic acids is 1. The van der Waals surface area contributed by atoms with Crippen LogP contribution in [0.2, 0.25) is 0 Å². The van der Waals surface area contributed by atoms with Crippen LogP contribution in [-0.2, 0) is 4.79 Å². The maximum Gasteiger partial charge on any atom is 0.304 e. The van der Waals surface area contributed by atoms with Crippen molar-refractivity contribution in [2.45, 2.75) is 59.5 Å². The molecule has 1 N–H and O–H groups in total. The third kappa shape index (κ3) is 5.78. The Hall–Kier alpha value is -0.570. The highest BCUT2D eigenvalue weighted by molar-refractivity contribution is 5.67. The molecule has 1 unspecified atom stereocenters. The maximum absolute atomic E-state index is 10.8. The van der Waals surface area contributed by atoms with E-state index in [2.05, 4.69) is 39.5 Å². The SMILES string of the molecule is CCC(CC(=O)O)N(CC(C)C)C(C)C. The van der Waals surface area contributed by atoms with Crippen LogP contribution in [0.1, 0.15) is 47.5 Å². The summed E-state index contributed by atoms with van der Waals surface area (Å²) < 4.78 is 0. The largest absolute Gasteiger partial charge is 0.481 e. The summed E-state index contributed by atoms with van der Waals surface area (Å²) in [7, 11) is 0. The summed E-state index contributed by atoms with van der Waals surface area (Å²) in [6, 6.07) is 0.585. The van der Waals surface area contributed by atoms with Crippen molar-refractivity contribution in [3.05, 3.63) is 0 Å². The second kappa shape index (κ2) is 6.83. The first kappa shape index (κ1) is 14.4. The Kier molecular flexibility index (Phi) is 6.57. The Bertz CT molecular complexity index is 190. The van der Waals surface area contributed by atoms with Gasteiger partial charge in [-0.15, -0.1) is 0 Å². The second-order valence-corrected chi connectivity index (χ2v) is 4.84. The molecule has 0 saturated carbocycles. The van der Waals surface area contributed by atoms with Crippen LogP contribution in [0.25, 0.3) is 0 Å². The Morgan fingerprint density at radius 1 is 1.27 bits per heavy atom. The van der Waals surface area contributed by atoms with Gasteiger partial charge in [-0.2, -0.15) is 0 Å². The van der Waals surface area contributed by atoms with Crippen LogP contribution in [0.5, 0.6) is 0 Å². The molecule has 1 atom stereocenters. The van der Waals surface area contributed by atoms with Gasteiger partial charge in [0, 0.05) is 18.6 Å².